The van der Waals surface area contributed by atoms with E-state index in [1.54, 1.807) is 0 Å². The molecule has 1 N–H and O–H groups in total. The van der Waals surface area contributed by atoms with E-state index in [4.69, 9.17) is 4.74 Å². The van der Waals surface area contributed by atoms with Crippen molar-refractivity contribution in [2.24, 2.45) is 0 Å². The van der Waals surface area contributed by atoms with Gasteiger partial charge in [0.2, 0.25) is 5.95 Å². The molecule has 0 aromatic carbocycles. The topological polar surface area (TPSA) is 51.5 Å². The summed E-state index contributed by atoms with van der Waals surface area (Å²) < 4.78 is 7.30. The van der Waals surface area contributed by atoms with Gasteiger partial charge in [-0.05, 0) is 25.5 Å². The van der Waals surface area contributed by atoms with Crippen LogP contribution in [0.4, 0.5) is 5.95 Å². The van der Waals surface area contributed by atoms with Gasteiger partial charge in [-0.25, -0.2) is 4.52 Å². The Labute approximate surface area is 107 Å². The first kappa shape index (κ1) is 12.8. The third kappa shape index (κ3) is 3.20. The van der Waals surface area contributed by atoms with E-state index in [9.17, 15) is 0 Å². The van der Waals surface area contributed by atoms with Gasteiger partial charge in [-0.15, -0.1) is 5.10 Å². The maximum atomic E-state index is 5.47. The van der Waals surface area contributed by atoms with Crippen LogP contribution < -0.4 is 5.32 Å². The Bertz CT molecular complexity index is 495. The normalized spacial score (nSPS) is 11.0. The molecule has 0 unspecified atom stereocenters. The minimum absolute atomic E-state index is 0.656. The Kier molecular flexibility index (Phi) is 4.52. The van der Waals surface area contributed by atoms with E-state index in [1.165, 1.54) is 6.42 Å². The van der Waals surface area contributed by atoms with Crippen LogP contribution in [0.25, 0.3) is 5.65 Å². The number of ether oxygens (including phenoxy) is 1. The second-order valence-corrected chi connectivity index (χ2v) is 4.27. The zero-order valence-corrected chi connectivity index (χ0v) is 11.0. The molecule has 2 rings (SSSR count). The molecule has 98 valence electrons. The summed E-state index contributed by atoms with van der Waals surface area (Å²) in [5, 5.41) is 7.56. The fourth-order valence-electron chi connectivity index (χ4n) is 1.69. The van der Waals surface area contributed by atoms with Crippen LogP contribution in [-0.2, 0) is 4.74 Å². The van der Waals surface area contributed by atoms with Gasteiger partial charge in [0.25, 0.3) is 0 Å². The Morgan fingerprint density at radius 3 is 3.00 bits per heavy atom. The van der Waals surface area contributed by atoms with E-state index < -0.39 is 0 Å². The SMILES string of the molecule is CCCCOCCNc1nc2cccc(C)n2n1. The van der Waals surface area contributed by atoms with Gasteiger partial charge < -0.3 is 10.1 Å². The molecule has 2 aromatic heterocycles. The Morgan fingerprint density at radius 2 is 2.22 bits per heavy atom. The number of aromatic nitrogens is 3. The molecule has 0 saturated carbocycles. The van der Waals surface area contributed by atoms with Gasteiger partial charge in [0, 0.05) is 18.8 Å². The third-order valence-electron chi connectivity index (χ3n) is 2.72. The van der Waals surface area contributed by atoms with Crippen molar-refractivity contribution in [2.75, 3.05) is 25.1 Å². The van der Waals surface area contributed by atoms with Gasteiger partial charge in [-0.1, -0.05) is 19.4 Å². The molecule has 0 atom stereocenters. The van der Waals surface area contributed by atoms with Crippen LogP contribution in [0.5, 0.6) is 0 Å². The van der Waals surface area contributed by atoms with E-state index in [2.05, 4.69) is 22.3 Å². The van der Waals surface area contributed by atoms with Crippen molar-refractivity contribution in [2.45, 2.75) is 26.7 Å². The van der Waals surface area contributed by atoms with Crippen molar-refractivity contribution in [3.63, 3.8) is 0 Å². The number of aryl methyl sites for hydroxylation is 1. The lowest BCUT2D eigenvalue weighted by atomic mass is 10.4. The van der Waals surface area contributed by atoms with Crippen molar-refractivity contribution < 1.29 is 4.74 Å². The van der Waals surface area contributed by atoms with Crippen LogP contribution in [0.2, 0.25) is 0 Å². The molecule has 0 radical (unpaired) electrons. The number of unbranched alkanes of at least 4 members (excludes halogenated alkanes) is 1. The highest BCUT2D eigenvalue weighted by Gasteiger charge is 2.03. The fourth-order valence-corrected chi connectivity index (χ4v) is 1.69. The van der Waals surface area contributed by atoms with Gasteiger partial charge in [0.15, 0.2) is 5.65 Å². The van der Waals surface area contributed by atoms with Crippen LogP contribution >= 0.6 is 0 Å². The average molecular weight is 248 g/mol. The summed E-state index contributed by atoms with van der Waals surface area (Å²) in [7, 11) is 0. The van der Waals surface area contributed by atoms with E-state index in [-0.39, 0.29) is 0 Å². The Balaban J connectivity index is 1.83. The molecule has 2 heterocycles. The van der Waals surface area contributed by atoms with Crippen molar-refractivity contribution >= 4 is 11.6 Å². The molecule has 0 fully saturated rings. The Morgan fingerprint density at radius 1 is 1.33 bits per heavy atom. The quantitative estimate of drug-likeness (QED) is 0.764. The molecule has 18 heavy (non-hydrogen) atoms. The minimum atomic E-state index is 0.656. The van der Waals surface area contributed by atoms with Crippen LogP contribution in [0.15, 0.2) is 18.2 Å². The maximum absolute atomic E-state index is 5.47. The summed E-state index contributed by atoms with van der Waals surface area (Å²) in [6.45, 7) is 6.42. The van der Waals surface area contributed by atoms with Gasteiger partial charge in [0.05, 0.1) is 6.61 Å². The van der Waals surface area contributed by atoms with Crippen LogP contribution in [0, 0.1) is 6.92 Å². The summed E-state index contributed by atoms with van der Waals surface area (Å²) in [6, 6.07) is 5.94. The number of pyridine rings is 1. The van der Waals surface area contributed by atoms with Crippen LogP contribution in [0.3, 0.4) is 0 Å². The summed E-state index contributed by atoms with van der Waals surface area (Å²) in [5.41, 5.74) is 1.94. The lowest BCUT2D eigenvalue weighted by Gasteiger charge is -2.03. The molecular formula is C13H20N4O. The molecule has 5 nitrogen and oxygen atoms in total. The Hall–Kier alpha value is -1.62. The van der Waals surface area contributed by atoms with E-state index >= 15 is 0 Å². The van der Waals surface area contributed by atoms with Crippen molar-refractivity contribution in [1.29, 1.82) is 0 Å². The second kappa shape index (κ2) is 6.35. The number of nitrogens with zero attached hydrogens (tertiary/aromatic N) is 3. The molecule has 0 aliphatic rings. The third-order valence-corrected chi connectivity index (χ3v) is 2.72. The maximum Gasteiger partial charge on any atom is 0.243 e. The number of rotatable bonds is 7. The summed E-state index contributed by atoms with van der Waals surface area (Å²) >= 11 is 0. The van der Waals surface area contributed by atoms with Gasteiger partial charge in [-0.2, -0.15) is 4.98 Å². The van der Waals surface area contributed by atoms with Crippen molar-refractivity contribution in [3.05, 3.63) is 23.9 Å². The minimum Gasteiger partial charge on any atom is -0.380 e. The lowest BCUT2D eigenvalue weighted by molar-refractivity contribution is 0.141. The first-order valence-electron chi connectivity index (χ1n) is 6.45. The van der Waals surface area contributed by atoms with Crippen LogP contribution in [-0.4, -0.2) is 34.4 Å². The molecule has 0 amide bonds. The first-order valence-corrected chi connectivity index (χ1v) is 6.45. The van der Waals surface area contributed by atoms with Crippen molar-refractivity contribution in [3.8, 4) is 0 Å². The zero-order chi connectivity index (χ0) is 12.8. The van der Waals surface area contributed by atoms with Crippen LogP contribution in [0.1, 0.15) is 25.5 Å². The predicted octanol–water partition coefficient (Wildman–Crippen LogP) is 2.27. The molecular weight excluding hydrogens is 228 g/mol. The molecule has 5 heteroatoms. The molecule has 0 bridgehead atoms. The molecule has 0 aliphatic carbocycles. The number of fused-ring (bicyclic) bond motifs is 1. The van der Waals surface area contributed by atoms with E-state index in [0.717, 1.165) is 30.9 Å². The number of hydrogen-bond acceptors (Lipinski definition) is 4. The molecule has 0 saturated heterocycles. The molecule has 0 aliphatic heterocycles. The first-order chi connectivity index (χ1) is 8.81. The van der Waals surface area contributed by atoms with Crippen molar-refractivity contribution in [1.82, 2.24) is 14.6 Å². The predicted molar refractivity (Wildman–Crippen MR) is 71.9 cm³/mol. The highest BCUT2D eigenvalue weighted by molar-refractivity contribution is 5.44. The van der Waals surface area contributed by atoms with Gasteiger partial charge >= 0.3 is 0 Å². The number of anilines is 1. The van der Waals surface area contributed by atoms with Gasteiger partial charge in [-0.3, -0.25) is 0 Å². The average Bonchev–Trinajstić information content (AvgIpc) is 2.78. The highest BCUT2D eigenvalue weighted by Crippen LogP contribution is 2.07. The molecule has 2 aromatic rings. The highest BCUT2D eigenvalue weighted by atomic mass is 16.5. The lowest BCUT2D eigenvalue weighted by Crippen LogP contribution is -2.11. The zero-order valence-electron chi connectivity index (χ0n) is 11.0. The largest absolute Gasteiger partial charge is 0.380 e. The standard InChI is InChI=1S/C13H20N4O/c1-3-4-9-18-10-8-14-13-15-12-7-5-6-11(2)17(12)16-13/h5-7H,3-4,8-10H2,1-2H3,(H,14,16). The van der Waals surface area contributed by atoms with E-state index in [1.807, 2.05) is 29.6 Å². The van der Waals surface area contributed by atoms with Gasteiger partial charge in [0.1, 0.15) is 0 Å². The smallest absolute Gasteiger partial charge is 0.243 e. The summed E-state index contributed by atoms with van der Waals surface area (Å²) in [5.74, 6) is 0.656. The fraction of sp³-hybridized carbons (Fsp3) is 0.538. The summed E-state index contributed by atoms with van der Waals surface area (Å²) in [4.78, 5) is 4.39. The summed E-state index contributed by atoms with van der Waals surface area (Å²) in [6.07, 6.45) is 2.28. The van der Waals surface area contributed by atoms with E-state index in [0.29, 0.717) is 12.6 Å². The monoisotopic (exact) mass is 248 g/mol. The number of hydrogen-bond donors (Lipinski definition) is 1. The second-order valence-electron chi connectivity index (χ2n) is 4.27. The number of nitrogens with one attached hydrogen (secondary N) is 1. The molecule has 0 spiro atoms.